The molecule has 0 bridgehead atoms. The number of hydrogen-bond acceptors (Lipinski definition) is 9. The Hall–Kier alpha value is -2.66. The van der Waals surface area contributed by atoms with E-state index in [2.05, 4.69) is 25.0 Å². The van der Waals surface area contributed by atoms with Crippen molar-refractivity contribution < 1.29 is 23.8 Å². The number of aromatic nitrogens is 1. The van der Waals surface area contributed by atoms with Gasteiger partial charge < -0.3 is 29.2 Å². The summed E-state index contributed by atoms with van der Waals surface area (Å²) in [4.78, 5) is 23.9. The smallest absolute Gasteiger partial charge is 0.273 e. The molecule has 5 rings (SSSR count). The van der Waals surface area contributed by atoms with Crippen molar-refractivity contribution in [3.05, 3.63) is 41.6 Å². The molecule has 35 heavy (non-hydrogen) atoms. The SMILES string of the molecule is O=C(NCc1ccc2c(c1)OCO2)c1coc(CN2CCN(C[C@@H](O)CN3CCCCC3)CC2)n1. The van der Waals surface area contributed by atoms with Gasteiger partial charge in [-0.15, -0.1) is 0 Å². The fourth-order valence-electron chi connectivity index (χ4n) is 4.93. The second kappa shape index (κ2) is 11.4. The Morgan fingerprint density at radius 1 is 0.971 bits per heavy atom. The molecule has 2 aromatic rings. The second-order valence-electron chi connectivity index (χ2n) is 9.59. The molecule has 3 aliphatic rings. The quantitative estimate of drug-likeness (QED) is 0.544. The number of nitrogens with zero attached hydrogens (tertiary/aromatic N) is 4. The standard InChI is InChI=1S/C25H35N5O5/c31-20(14-28-6-2-1-3-7-28)15-29-8-10-30(11-9-29)16-24-27-21(17-33-24)25(32)26-13-19-4-5-22-23(12-19)35-18-34-22/h4-5,12,17,20,31H,1-3,6-11,13-16,18H2,(H,26,32)/t20-/m0/s1. The van der Waals surface area contributed by atoms with Crippen LogP contribution in [-0.2, 0) is 13.1 Å². The predicted molar refractivity (Wildman–Crippen MR) is 128 cm³/mol. The molecule has 2 fully saturated rings. The van der Waals surface area contributed by atoms with Crippen LogP contribution in [0, 0.1) is 0 Å². The van der Waals surface area contributed by atoms with Crippen molar-refractivity contribution in [3.63, 3.8) is 0 Å². The zero-order chi connectivity index (χ0) is 24.0. The Bertz CT molecular complexity index is 984. The average molecular weight is 486 g/mol. The van der Waals surface area contributed by atoms with Crippen LogP contribution in [-0.4, -0.2) is 96.0 Å². The summed E-state index contributed by atoms with van der Waals surface area (Å²) in [5, 5.41) is 13.4. The van der Waals surface area contributed by atoms with Gasteiger partial charge >= 0.3 is 0 Å². The summed E-state index contributed by atoms with van der Waals surface area (Å²) < 4.78 is 16.3. The van der Waals surface area contributed by atoms with Crippen LogP contribution in [0.25, 0.3) is 0 Å². The van der Waals surface area contributed by atoms with Gasteiger partial charge in [0.05, 0.1) is 12.6 Å². The third-order valence-corrected chi connectivity index (χ3v) is 6.88. The molecule has 10 nitrogen and oxygen atoms in total. The number of oxazole rings is 1. The average Bonchev–Trinajstić information content (AvgIpc) is 3.54. The van der Waals surface area contributed by atoms with Crippen LogP contribution < -0.4 is 14.8 Å². The molecule has 0 unspecified atom stereocenters. The number of benzene rings is 1. The second-order valence-corrected chi connectivity index (χ2v) is 9.59. The highest BCUT2D eigenvalue weighted by atomic mass is 16.7. The van der Waals surface area contributed by atoms with Gasteiger partial charge in [-0.25, -0.2) is 4.98 Å². The first-order valence-corrected chi connectivity index (χ1v) is 12.6. The van der Waals surface area contributed by atoms with Gasteiger partial charge in [0.15, 0.2) is 17.2 Å². The summed E-state index contributed by atoms with van der Waals surface area (Å²) in [6, 6.07) is 5.60. The van der Waals surface area contributed by atoms with Gasteiger partial charge in [0, 0.05) is 45.8 Å². The minimum absolute atomic E-state index is 0.225. The van der Waals surface area contributed by atoms with Crippen LogP contribution in [0.5, 0.6) is 11.5 Å². The topological polar surface area (TPSA) is 104 Å². The predicted octanol–water partition coefficient (Wildman–Crippen LogP) is 1.30. The summed E-state index contributed by atoms with van der Waals surface area (Å²) in [5.41, 5.74) is 1.20. The van der Waals surface area contributed by atoms with E-state index in [9.17, 15) is 9.90 Å². The number of hydrogen-bond donors (Lipinski definition) is 2. The number of carbonyl (C=O) groups is 1. The van der Waals surface area contributed by atoms with Gasteiger partial charge in [0.2, 0.25) is 12.7 Å². The lowest BCUT2D eigenvalue weighted by molar-refractivity contribution is 0.0434. The first-order valence-electron chi connectivity index (χ1n) is 12.6. The van der Waals surface area contributed by atoms with E-state index in [-0.39, 0.29) is 24.5 Å². The number of rotatable bonds is 9. The molecule has 1 aromatic heterocycles. The molecule has 0 saturated carbocycles. The van der Waals surface area contributed by atoms with Gasteiger partial charge in [-0.05, 0) is 43.6 Å². The number of aliphatic hydroxyl groups excluding tert-OH is 1. The van der Waals surface area contributed by atoms with Crippen LogP contribution in [0.4, 0.5) is 0 Å². The number of β-amino-alcohol motifs (C(OH)–C–C–N with tert-alkyl or cyclic N) is 1. The fraction of sp³-hybridized carbons (Fsp3) is 0.600. The molecule has 0 spiro atoms. The Labute approximate surface area is 205 Å². The molecule has 190 valence electrons. The summed E-state index contributed by atoms with van der Waals surface area (Å²) >= 11 is 0. The fourth-order valence-corrected chi connectivity index (χ4v) is 4.93. The lowest BCUT2D eigenvalue weighted by Gasteiger charge is -2.36. The minimum Gasteiger partial charge on any atom is -0.454 e. The van der Waals surface area contributed by atoms with Crippen LogP contribution in [0.3, 0.4) is 0 Å². The Morgan fingerprint density at radius 3 is 2.49 bits per heavy atom. The number of nitrogens with one attached hydrogen (secondary N) is 1. The molecular weight excluding hydrogens is 450 g/mol. The first-order chi connectivity index (χ1) is 17.1. The zero-order valence-corrected chi connectivity index (χ0v) is 20.2. The van der Waals surface area contributed by atoms with E-state index in [1.165, 1.54) is 25.5 Å². The van der Waals surface area contributed by atoms with Crippen molar-refractivity contribution in [2.75, 3.05) is 59.2 Å². The molecule has 2 N–H and O–H groups in total. The Balaban J connectivity index is 1.02. The summed E-state index contributed by atoms with van der Waals surface area (Å²) in [6.07, 6.45) is 4.92. The van der Waals surface area contributed by atoms with Crippen molar-refractivity contribution in [1.29, 1.82) is 0 Å². The molecule has 3 aliphatic heterocycles. The highest BCUT2D eigenvalue weighted by molar-refractivity contribution is 5.91. The monoisotopic (exact) mass is 485 g/mol. The van der Waals surface area contributed by atoms with Crippen LogP contribution in [0.2, 0.25) is 0 Å². The van der Waals surface area contributed by atoms with Crippen molar-refractivity contribution >= 4 is 5.91 Å². The number of likely N-dealkylation sites (tertiary alicyclic amines) is 1. The lowest BCUT2D eigenvalue weighted by Crippen LogP contribution is -2.50. The minimum atomic E-state index is -0.301. The van der Waals surface area contributed by atoms with Crippen molar-refractivity contribution in [3.8, 4) is 11.5 Å². The molecule has 10 heteroatoms. The molecule has 1 aromatic carbocycles. The molecule has 2 saturated heterocycles. The third kappa shape index (κ3) is 6.52. The lowest BCUT2D eigenvalue weighted by atomic mass is 10.1. The highest BCUT2D eigenvalue weighted by Gasteiger charge is 2.23. The molecule has 1 atom stereocenters. The maximum absolute atomic E-state index is 12.5. The van der Waals surface area contributed by atoms with Crippen LogP contribution >= 0.6 is 0 Å². The maximum Gasteiger partial charge on any atom is 0.273 e. The number of carbonyl (C=O) groups excluding carboxylic acids is 1. The zero-order valence-electron chi connectivity index (χ0n) is 20.2. The van der Waals surface area contributed by atoms with Crippen LogP contribution in [0.15, 0.2) is 28.9 Å². The van der Waals surface area contributed by atoms with Gasteiger partial charge in [-0.2, -0.15) is 0 Å². The van der Waals surface area contributed by atoms with E-state index >= 15 is 0 Å². The third-order valence-electron chi connectivity index (χ3n) is 6.88. The van der Waals surface area contributed by atoms with Gasteiger partial charge in [0.1, 0.15) is 6.26 Å². The molecule has 1 amide bonds. The van der Waals surface area contributed by atoms with E-state index in [0.717, 1.165) is 63.7 Å². The number of fused-ring (bicyclic) bond motifs is 1. The number of aliphatic hydroxyl groups is 1. The van der Waals surface area contributed by atoms with Crippen LogP contribution in [0.1, 0.15) is 41.2 Å². The van der Waals surface area contributed by atoms with Gasteiger partial charge in [-0.1, -0.05) is 12.5 Å². The number of ether oxygens (including phenoxy) is 2. The Morgan fingerprint density at radius 2 is 1.69 bits per heavy atom. The molecule has 4 heterocycles. The van der Waals surface area contributed by atoms with E-state index in [4.69, 9.17) is 13.9 Å². The van der Waals surface area contributed by atoms with E-state index < -0.39 is 0 Å². The van der Waals surface area contributed by atoms with Gasteiger partial charge in [0.25, 0.3) is 5.91 Å². The summed E-state index contributed by atoms with van der Waals surface area (Å²) in [5.74, 6) is 1.68. The molecular formula is C25H35N5O5. The summed E-state index contributed by atoms with van der Waals surface area (Å²) in [7, 11) is 0. The molecule has 0 radical (unpaired) electrons. The van der Waals surface area contributed by atoms with Crippen molar-refractivity contribution in [2.45, 2.75) is 38.5 Å². The number of piperazine rings is 1. The van der Waals surface area contributed by atoms with E-state index in [1.807, 2.05) is 18.2 Å². The number of piperidine rings is 1. The van der Waals surface area contributed by atoms with E-state index in [1.54, 1.807) is 0 Å². The van der Waals surface area contributed by atoms with E-state index in [0.29, 0.717) is 24.7 Å². The number of amides is 1. The normalized spacial score (nSPS) is 20.1. The maximum atomic E-state index is 12.5. The molecule has 0 aliphatic carbocycles. The van der Waals surface area contributed by atoms with Crippen molar-refractivity contribution in [1.82, 2.24) is 25.0 Å². The van der Waals surface area contributed by atoms with Gasteiger partial charge in [-0.3, -0.25) is 14.6 Å². The van der Waals surface area contributed by atoms with Crippen molar-refractivity contribution in [2.24, 2.45) is 0 Å². The summed E-state index contributed by atoms with van der Waals surface area (Å²) in [6.45, 7) is 8.44. The largest absolute Gasteiger partial charge is 0.454 e. The Kier molecular flexibility index (Phi) is 7.82. The highest BCUT2D eigenvalue weighted by Crippen LogP contribution is 2.32. The first kappa shape index (κ1) is 24.1.